The molecule has 1 aliphatic carbocycles. The first-order valence-corrected chi connectivity index (χ1v) is 14.8. The Bertz CT molecular complexity index is 1260. The molecule has 0 bridgehead atoms. The minimum absolute atomic E-state index is 0.0663. The number of ether oxygens (including phenoxy) is 1. The maximum absolute atomic E-state index is 14.0. The van der Waals surface area contributed by atoms with Crippen LogP contribution in [0.15, 0.2) is 37.1 Å². The van der Waals surface area contributed by atoms with E-state index in [9.17, 15) is 27.9 Å². The standard InChI is InChI=1S/C30H41F3N6O4/c1-3-30(32,33)25-12-18-39(37-25)29(13-14-29)28(42)36-24(27(40)41)11-17-38(20-23(19-31)43-2)16-5-4-8-22-10-9-21-7-6-15-34-26(21)35-22/h3,9-10,12,18,23-24H,1,4-8,11,13-17,19-20H2,2H3,(H,34,35)(H,36,42)(H,40,41)/t23-,24+/m1/s1. The van der Waals surface area contributed by atoms with Crippen LogP contribution >= 0.6 is 0 Å². The predicted molar refractivity (Wildman–Crippen MR) is 155 cm³/mol. The number of hydrogen-bond donors (Lipinski definition) is 3. The Morgan fingerprint density at radius 2 is 2.09 bits per heavy atom. The van der Waals surface area contributed by atoms with Gasteiger partial charge in [-0.1, -0.05) is 12.6 Å². The molecule has 1 fully saturated rings. The number of carboxylic acid groups (broad SMARTS) is 1. The molecule has 13 heteroatoms. The van der Waals surface area contributed by atoms with Crippen LogP contribution in [0, 0.1) is 0 Å². The lowest BCUT2D eigenvalue weighted by Crippen LogP contribution is -2.49. The number of alkyl halides is 3. The second kappa shape index (κ2) is 14.3. The number of carboxylic acids is 1. The van der Waals surface area contributed by atoms with Gasteiger partial charge in [-0.25, -0.2) is 14.2 Å². The number of carbonyl (C=O) groups excluding carboxylic acids is 1. The van der Waals surface area contributed by atoms with Crippen molar-refractivity contribution >= 4 is 17.7 Å². The Balaban J connectivity index is 1.33. The van der Waals surface area contributed by atoms with E-state index in [1.807, 2.05) is 4.90 Å². The summed E-state index contributed by atoms with van der Waals surface area (Å²) in [5, 5.41) is 19.7. The van der Waals surface area contributed by atoms with Gasteiger partial charge in [0.1, 0.15) is 29.8 Å². The molecule has 3 heterocycles. The number of aromatic nitrogens is 3. The summed E-state index contributed by atoms with van der Waals surface area (Å²) in [7, 11) is 1.43. The SMILES string of the molecule is C=CC(F)(F)c1ccn(C2(C(=O)N[C@@H](CCN(CCCCc3ccc4c(n3)NCCC4)C[C@@H](CF)OC)C(=O)O)CC2)n1. The number of rotatable bonds is 18. The minimum atomic E-state index is -3.35. The summed E-state index contributed by atoms with van der Waals surface area (Å²) < 4.78 is 47.9. The Labute approximate surface area is 249 Å². The maximum Gasteiger partial charge on any atom is 0.326 e. The monoisotopic (exact) mass is 606 g/mol. The van der Waals surface area contributed by atoms with Crippen LogP contribution in [0.3, 0.4) is 0 Å². The molecular weight excluding hydrogens is 565 g/mol. The van der Waals surface area contributed by atoms with Crippen molar-refractivity contribution in [2.45, 2.75) is 75.0 Å². The zero-order valence-electron chi connectivity index (χ0n) is 24.5. The molecular formula is C30H41F3N6O4. The lowest BCUT2D eigenvalue weighted by atomic mass is 10.1. The van der Waals surface area contributed by atoms with Gasteiger partial charge in [-0.05, 0) is 81.7 Å². The van der Waals surface area contributed by atoms with Crippen LogP contribution in [0.2, 0.25) is 0 Å². The highest BCUT2D eigenvalue weighted by atomic mass is 19.3. The highest BCUT2D eigenvalue weighted by Gasteiger charge is 2.54. The molecule has 0 aromatic carbocycles. The molecule has 1 amide bonds. The van der Waals surface area contributed by atoms with E-state index in [2.05, 4.69) is 34.4 Å². The second-order valence-electron chi connectivity index (χ2n) is 11.3. The van der Waals surface area contributed by atoms with Crippen molar-refractivity contribution in [2.24, 2.45) is 0 Å². The van der Waals surface area contributed by atoms with Gasteiger partial charge in [0.05, 0.1) is 6.10 Å². The number of carbonyl (C=O) groups is 2. The molecule has 43 heavy (non-hydrogen) atoms. The summed E-state index contributed by atoms with van der Waals surface area (Å²) >= 11 is 0. The topological polar surface area (TPSA) is 122 Å². The van der Waals surface area contributed by atoms with E-state index in [1.54, 1.807) is 0 Å². The number of fused-ring (bicyclic) bond motifs is 1. The van der Waals surface area contributed by atoms with Crippen molar-refractivity contribution in [3.63, 3.8) is 0 Å². The fraction of sp³-hybridized carbons (Fsp3) is 0.600. The fourth-order valence-corrected chi connectivity index (χ4v) is 5.30. The number of hydrogen-bond acceptors (Lipinski definition) is 7. The number of nitrogens with zero attached hydrogens (tertiary/aromatic N) is 4. The average molecular weight is 607 g/mol. The van der Waals surface area contributed by atoms with Crippen molar-refractivity contribution in [3.8, 4) is 0 Å². The van der Waals surface area contributed by atoms with Gasteiger partial charge in [0, 0.05) is 38.6 Å². The van der Waals surface area contributed by atoms with E-state index in [-0.39, 0.29) is 19.5 Å². The first-order valence-electron chi connectivity index (χ1n) is 14.8. The number of unbranched alkanes of at least 4 members (excludes halogenated alkanes) is 1. The van der Waals surface area contributed by atoms with Gasteiger partial charge in [0.2, 0.25) is 5.91 Å². The van der Waals surface area contributed by atoms with E-state index in [0.29, 0.717) is 25.5 Å². The van der Waals surface area contributed by atoms with Crippen LogP contribution in [-0.2, 0) is 38.6 Å². The van der Waals surface area contributed by atoms with Crippen LogP contribution in [-0.4, -0.2) is 88.8 Å². The number of nitrogens with one attached hydrogen (secondary N) is 2. The zero-order valence-corrected chi connectivity index (χ0v) is 24.5. The maximum atomic E-state index is 14.0. The zero-order chi connectivity index (χ0) is 31.0. The second-order valence-corrected chi connectivity index (χ2v) is 11.3. The summed E-state index contributed by atoms with van der Waals surface area (Å²) in [6.45, 7) is 4.50. The van der Waals surface area contributed by atoms with Crippen molar-refractivity contribution in [3.05, 3.63) is 54.0 Å². The van der Waals surface area contributed by atoms with Gasteiger partial charge < -0.3 is 25.4 Å². The summed E-state index contributed by atoms with van der Waals surface area (Å²) in [5.74, 6) is -4.20. The number of anilines is 1. The normalized spacial score (nSPS) is 17.0. The quantitative estimate of drug-likeness (QED) is 0.174. The Hall–Kier alpha value is -3.45. The number of aliphatic carboxylic acids is 1. The molecule has 4 rings (SSSR count). The molecule has 2 aromatic heterocycles. The van der Waals surface area contributed by atoms with E-state index in [1.165, 1.54) is 23.6 Å². The molecule has 2 aromatic rings. The highest BCUT2D eigenvalue weighted by Crippen LogP contribution is 2.44. The smallest absolute Gasteiger partial charge is 0.326 e. The molecule has 0 saturated heterocycles. The Kier molecular flexibility index (Phi) is 10.8. The molecule has 1 saturated carbocycles. The van der Waals surface area contributed by atoms with Gasteiger partial charge in [-0.2, -0.15) is 13.9 Å². The highest BCUT2D eigenvalue weighted by molar-refractivity contribution is 5.90. The fourth-order valence-electron chi connectivity index (χ4n) is 5.30. The first kappa shape index (κ1) is 32.5. The number of methoxy groups -OCH3 is 1. The number of pyridine rings is 1. The molecule has 236 valence electrons. The molecule has 0 radical (unpaired) electrons. The summed E-state index contributed by atoms with van der Waals surface area (Å²) in [4.78, 5) is 32.0. The van der Waals surface area contributed by atoms with Gasteiger partial charge in [-0.3, -0.25) is 9.48 Å². The van der Waals surface area contributed by atoms with Gasteiger partial charge in [0.25, 0.3) is 0 Å². The molecule has 0 unspecified atom stereocenters. The van der Waals surface area contributed by atoms with Crippen LogP contribution in [0.5, 0.6) is 0 Å². The van der Waals surface area contributed by atoms with E-state index in [4.69, 9.17) is 9.72 Å². The Morgan fingerprint density at radius 1 is 1.30 bits per heavy atom. The third kappa shape index (κ3) is 8.14. The lowest BCUT2D eigenvalue weighted by Gasteiger charge is -2.27. The van der Waals surface area contributed by atoms with Crippen LogP contribution < -0.4 is 10.6 Å². The number of allylic oxidation sites excluding steroid dienone is 1. The molecule has 3 N–H and O–H groups in total. The summed E-state index contributed by atoms with van der Waals surface area (Å²) in [6.07, 6.45) is 6.40. The van der Waals surface area contributed by atoms with E-state index < -0.39 is 47.9 Å². The Morgan fingerprint density at radius 3 is 2.77 bits per heavy atom. The van der Waals surface area contributed by atoms with Crippen molar-refractivity contribution in [1.82, 2.24) is 25.0 Å². The lowest BCUT2D eigenvalue weighted by molar-refractivity contribution is -0.143. The molecule has 2 aliphatic rings. The molecule has 10 nitrogen and oxygen atoms in total. The molecule has 0 spiro atoms. The van der Waals surface area contributed by atoms with Gasteiger partial charge >= 0.3 is 11.9 Å². The molecule has 1 aliphatic heterocycles. The third-order valence-electron chi connectivity index (χ3n) is 8.19. The van der Waals surface area contributed by atoms with Crippen molar-refractivity contribution in [2.75, 3.05) is 45.3 Å². The van der Waals surface area contributed by atoms with E-state index >= 15 is 0 Å². The number of halogens is 3. The van der Waals surface area contributed by atoms with Crippen LogP contribution in [0.25, 0.3) is 0 Å². The minimum Gasteiger partial charge on any atom is -0.480 e. The van der Waals surface area contributed by atoms with Crippen LogP contribution in [0.1, 0.15) is 55.5 Å². The van der Waals surface area contributed by atoms with Crippen molar-refractivity contribution in [1.29, 1.82) is 0 Å². The van der Waals surface area contributed by atoms with Crippen molar-refractivity contribution < 1.29 is 32.6 Å². The third-order valence-corrected chi connectivity index (χ3v) is 8.19. The van der Waals surface area contributed by atoms with E-state index in [0.717, 1.165) is 56.2 Å². The number of aryl methyl sites for hydroxylation is 2. The summed E-state index contributed by atoms with van der Waals surface area (Å²) in [6, 6.07) is 4.07. The van der Waals surface area contributed by atoms with Gasteiger partial charge in [-0.15, -0.1) is 0 Å². The van der Waals surface area contributed by atoms with Crippen LogP contribution in [0.4, 0.5) is 19.0 Å². The number of amides is 1. The van der Waals surface area contributed by atoms with Gasteiger partial charge in [0.15, 0.2) is 0 Å². The summed E-state index contributed by atoms with van der Waals surface area (Å²) in [5.41, 5.74) is 0.484. The average Bonchev–Trinajstić information content (AvgIpc) is 3.66. The largest absolute Gasteiger partial charge is 0.480 e. The first-order chi connectivity index (χ1) is 20.6. The molecule has 2 atom stereocenters. The predicted octanol–water partition coefficient (Wildman–Crippen LogP) is 3.67.